The fourth-order valence-corrected chi connectivity index (χ4v) is 3.88. The molecule has 0 spiro atoms. The fraction of sp³-hybridized carbons (Fsp3) is 0.429. The van der Waals surface area contributed by atoms with Gasteiger partial charge in [-0.1, -0.05) is 32.9 Å². The van der Waals surface area contributed by atoms with Crippen LogP contribution >= 0.6 is 11.3 Å². The summed E-state index contributed by atoms with van der Waals surface area (Å²) in [5.74, 6) is -0.389. The molecule has 0 atom stereocenters. The second-order valence-electron chi connectivity index (χ2n) is 7.83. The smallest absolute Gasteiger partial charge is 0.344 e. The van der Waals surface area contributed by atoms with E-state index in [9.17, 15) is 18.0 Å². The number of rotatable bonds is 10. The van der Waals surface area contributed by atoms with Crippen LogP contribution in [0.5, 0.6) is 5.75 Å². The largest absolute Gasteiger partial charge is 0.482 e. The highest BCUT2D eigenvalue weighted by Crippen LogP contribution is 2.24. The number of nitrogens with one attached hydrogen (secondary N) is 1. The first kappa shape index (κ1) is 24.0. The molecule has 0 aliphatic heterocycles. The van der Waals surface area contributed by atoms with Gasteiger partial charge in [0.15, 0.2) is 13.2 Å². The molecule has 0 aliphatic carbocycles. The molecule has 1 N–H and O–H groups in total. The van der Waals surface area contributed by atoms with Crippen molar-refractivity contribution in [2.24, 2.45) is 0 Å². The van der Waals surface area contributed by atoms with Gasteiger partial charge in [0, 0.05) is 11.4 Å². The van der Waals surface area contributed by atoms with Crippen molar-refractivity contribution in [2.45, 2.75) is 32.6 Å². The summed E-state index contributed by atoms with van der Waals surface area (Å²) in [6.45, 7) is 5.94. The van der Waals surface area contributed by atoms with E-state index in [1.165, 1.54) is 11.3 Å². The average molecular weight is 454 g/mol. The summed E-state index contributed by atoms with van der Waals surface area (Å²) in [5.41, 5.74) is 1.19. The Hall–Kier alpha value is -2.23. The van der Waals surface area contributed by atoms with Crippen molar-refractivity contribution in [1.82, 2.24) is 4.72 Å². The molecule has 164 valence electrons. The molecule has 2 aromatic rings. The number of Topliss-reactive ketones (excluding diaryl/α,β-unsaturated/α-hetero) is 1. The maximum Gasteiger partial charge on any atom is 0.344 e. The van der Waals surface area contributed by atoms with Crippen LogP contribution < -0.4 is 9.46 Å². The lowest BCUT2D eigenvalue weighted by molar-refractivity contribution is -0.144. The van der Waals surface area contributed by atoms with Gasteiger partial charge in [0.05, 0.1) is 11.1 Å². The Bertz CT molecular complexity index is 972. The molecule has 9 heteroatoms. The zero-order valence-electron chi connectivity index (χ0n) is 17.6. The number of thiophene rings is 1. The van der Waals surface area contributed by atoms with E-state index >= 15 is 0 Å². The minimum absolute atomic E-state index is 0.0314. The van der Waals surface area contributed by atoms with Gasteiger partial charge in [0.25, 0.3) is 0 Å². The van der Waals surface area contributed by atoms with E-state index in [0.717, 1.165) is 16.7 Å². The zero-order chi connectivity index (χ0) is 22.4. The summed E-state index contributed by atoms with van der Waals surface area (Å²) >= 11 is 1.25. The summed E-state index contributed by atoms with van der Waals surface area (Å²) in [4.78, 5) is 25.4. The SMILES string of the molecule is CC(C)(C)c1ccc(OCC(=O)OCC(=O)c2ccc(CCNS(C)(=O)=O)s2)cc1. The first-order valence-electron chi connectivity index (χ1n) is 9.39. The summed E-state index contributed by atoms with van der Waals surface area (Å²) in [6, 6.07) is 10.9. The Kier molecular flexibility index (Phi) is 8.17. The normalized spacial score (nSPS) is 11.9. The summed E-state index contributed by atoms with van der Waals surface area (Å²) in [5, 5.41) is 0. The fourth-order valence-electron chi connectivity index (χ4n) is 2.47. The van der Waals surface area contributed by atoms with Crippen LogP contribution in [0.15, 0.2) is 36.4 Å². The van der Waals surface area contributed by atoms with E-state index in [0.29, 0.717) is 17.0 Å². The molecule has 30 heavy (non-hydrogen) atoms. The van der Waals surface area contributed by atoms with Crippen LogP contribution in [0.25, 0.3) is 0 Å². The van der Waals surface area contributed by atoms with Gasteiger partial charge in [0.1, 0.15) is 5.75 Å². The van der Waals surface area contributed by atoms with Gasteiger partial charge in [-0.3, -0.25) is 4.79 Å². The number of sulfonamides is 1. The molecular formula is C21H27NO6S2. The van der Waals surface area contributed by atoms with Gasteiger partial charge in [-0.15, -0.1) is 11.3 Å². The Morgan fingerprint density at radius 2 is 1.70 bits per heavy atom. The number of ether oxygens (including phenoxy) is 2. The molecule has 0 unspecified atom stereocenters. The number of benzene rings is 1. The van der Waals surface area contributed by atoms with Crippen LogP contribution in [0, 0.1) is 0 Å². The average Bonchev–Trinajstić information content (AvgIpc) is 3.12. The van der Waals surface area contributed by atoms with Gasteiger partial charge in [-0.05, 0) is 41.7 Å². The van der Waals surface area contributed by atoms with Gasteiger partial charge < -0.3 is 9.47 Å². The maximum absolute atomic E-state index is 12.2. The molecule has 1 aromatic carbocycles. The Balaban J connectivity index is 1.75. The third kappa shape index (κ3) is 8.25. The van der Waals surface area contributed by atoms with Crippen molar-refractivity contribution < 1.29 is 27.5 Å². The molecule has 0 bridgehead atoms. The number of carbonyl (C=O) groups excluding carboxylic acids is 2. The van der Waals surface area contributed by atoms with Gasteiger partial charge >= 0.3 is 5.97 Å². The molecule has 0 saturated heterocycles. The topological polar surface area (TPSA) is 98.8 Å². The van der Waals surface area contributed by atoms with Crippen LogP contribution in [0.1, 0.15) is 40.9 Å². The third-order valence-electron chi connectivity index (χ3n) is 4.11. The molecule has 0 aliphatic rings. The highest BCUT2D eigenvalue weighted by molar-refractivity contribution is 7.88. The highest BCUT2D eigenvalue weighted by Gasteiger charge is 2.15. The summed E-state index contributed by atoms with van der Waals surface area (Å²) < 4.78 is 34.9. The predicted octanol–water partition coefficient (Wildman–Crippen LogP) is 2.94. The van der Waals surface area contributed by atoms with E-state index < -0.39 is 16.0 Å². The lowest BCUT2D eigenvalue weighted by Gasteiger charge is -2.19. The molecule has 0 saturated carbocycles. The molecule has 0 fully saturated rings. The molecule has 1 aromatic heterocycles. The molecular weight excluding hydrogens is 426 g/mol. The number of hydrogen-bond acceptors (Lipinski definition) is 7. The standard InChI is InChI=1S/C21H27NO6S2/c1-21(2,3)15-5-7-16(8-6-15)27-14-20(24)28-13-18(23)19-10-9-17(29-19)11-12-22-30(4,25)26/h5-10,22H,11-14H2,1-4H3. The van der Waals surface area contributed by atoms with Crippen molar-refractivity contribution in [3.8, 4) is 5.75 Å². The van der Waals surface area contributed by atoms with Crippen molar-refractivity contribution in [2.75, 3.05) is 26.0 Å². The quantitative estimate of drug-likeness (QED) is 0.439. The van der Waals surface area contributed by atoms with E-state index in [1.807, 2.05) is 12.1 Å². The summed E-state index contributed by atoms with van der Waals surface area (Å²) in [6.07, 6.45) is 1.57. The second kappa shape index (κ2) is 10.2. The van der Waals surface area contributed by atoms with Crippen LogP contribution in [-0.2, 0) is 31.4 Å². The van der Waals surface area contributed by atoms with Crippen molar-refractivity contribution in [1.29, 1.82) is 0 Å². The van der Waals surface area contributed by atoms with E-state index in [4.69, 9.17) is 9.47 Å². The number of carbonyl (C=O) groups is 2. The highest BCUT2D eigenvalue weighted by atomic mass is 32.2. The first-order chi connectivity index (χ1) is 13.9. The van der Waals surface area contributed by atoms with Crippen LogP contribution in [0.3, 0.4) is 0 Å². The molecule has 1 heterocycles. The minimum Gasteiger partial charge on any atom is -0.482 e. The Morgan fingerprint density at radius 1 is 1.03 bits per heavy atom. The monoisotopic (exact) mass is 453 g/mol. The lowest BCUT2D eigenvalue weighted by atomic mass is 9.87. The molecule has 0 amide bonds. The van der Waals surface area contributed by atoms with Crippen LogP contribution in [0.2, 0.25) is 0 Å². The van der Waals surface area contributed by atoms with Gasteiger partial charge in [-0.2, -0.15) is 0 Å². The zero-order valence-corrected chi connectivity index (χ0v) is 19.2. The number of ketones is 1. The Morgan fingerprint density at radius 3 is 2.30 bits per heavy atom. The van der Waals surface area contributed by atoms with Gasteiger partial charge in [-0.25, -0.2) is 17.9 Å². The van der Waals surface area contributed by atoms with E-state index in [-0.39, 0.29) is 31.0 Å². The molecule has 2 rings (SSSR count). The number of esters is 1. The van der Waals surface area contributed by atoms with Crippen LogP contribution in [-0.4, -0.2) is 46.2 Å². The summed E-state index contributed by atoms with van der Waals surface area (Å²) in [7, 11) is -3.24. The van der Waals surface area contributed by atoms with Crippen molar-refractivity contribution >= 4 is 33.1 Å². The first-order valence-corrected chi connectivity index (χ1v) is 12.1. The van der Waals surface area contributed by atoms with E-state index in [1.54, 1.807) is 24.3 Å². The Labute approximate surface area is 181 Å². The van der Waals surface area contributed by atoms with E-state index in [2.05, 4.69) is 25.5 Å². The predicted molar refractivity (Wildman–Crippen MR) is 117 cm³/mol. The minimum atomic E-state index is -3.24. The van der Waals surface area contributed by atoms with Crippen LogP contribution in [0.4, 0.5) is 0 Å². The third-order valence-corrected chi connectivity index (χ3v) is 6.03. The lowest BCUT2D eigenvalue weighted by Crippen LogP contribution is -2.24. The number of hydrogen-bond donors (Lipinski definition) is 1. The molecule has 0 radical (unpaired) electrons. The molecule has 7 nitrogen and oxygen atoms in total. The van der Waals surface area contributed by atoms with Crippen molar-refractivity contribution in [3.63, 3.8) is 0 Å². The maximum atomic E-state index is 12.2. The second-order valence-corrected chi connectivity index (χ2v) is 10.8. The van der Waals surface area contributed by atoms with Gasteiger partial charge in [0.2, 0.25) is 15.8 Å². The van der Waals surface area contributed by atoms with Crippen molar-refractivity contribution in [3.05, 3.63) is 51.7 Å².